The molecule has 1 aliphatic rings. The average Bonchev–Trinajstić information content (AvgIpc) is 3.64. The first-order valence-electron chi connectivity index (χ1n) is 17.5. The van der Waals surface area contributed by atoms with Crippen LogP contribution in [0.4, 0.5) is 8.78 Å². The lowest BCUT2D eigenvalue weighted by molar-refractivity contribution is -0.146. The summed E-state index contributed by atoms with van der Waals surface area (Å²) in [6.45, 7) is 8.92. The van der Waals surface area contributed by atoms with Gasteiger partial charge in [-0.05, 0) is 92.8 Å². The summed E-state index contributed by atoms with van der Waals surface area (Å²) in [6, 6.07) is 11.6. The van der Waals surface area contributed by atoms with Crippen molar-refractivity contribution in [3.8, 4) is 11.4 Å². The third kappa shape index (κ3) is 7.44. The lowest BCUT2D eigenvalue weighted by Gasteiger charge is -2.31. The number of carbonyl (C=O) groups is 1. The fourth-order valence-electron chi connectivity index (χ4n) is 7.54. The van der Waals surface area contributed by atoms with Crippen LogP contribution in [0.25, 0.3) is 22.3 Å². The van der Waals surface area contributed by atoms with Gasteiger partial charge in [-0.25, -0.2) is 35.3 Å². The van der Waals surface area contributed by atoms with Crippen LogP contribution in [-0.2, 0) is 49.8 Å². The number of hydrogen-bond donors (Lipinski definition) is 2. The normalized spacial score (nSPS) is 20.2. The number of aryl methyl sites for hydroxylation is 2. The van der Waals surface area contributed by atoms with E-state index in [1.807, 2.05) is 45.0 Å². The second kappa shape index (κ2) is 13.9. The Kier molecular flexibility index (Phi) is 10.2. The molecule has 6 rings (SSSR count). The highest BCUT2D eigenvalue weighted by atomic mass is 35.5. The van der Waals surface area contributed by atoms with Gasteiger partial charge in [-0.2, -0.15) is 5.10 Å². The highest BCUT2D eigenvalue weighted by molar-refractivity contribution is 7.92. The van der Waals surface area contributed by atoms with Gasteiger partial charge in [0.2, 0.25) is 9.84 Å². The van der Waals surface area contributed by atoms with Crippen molar-refractivity contribution >= 4 is 48.1 Å². The van der Waals surface area contributed by atoms with E-state index >= 15 is 8.78 Å². The fourth-order valence-corrected chi connectivity index (χ4v) is 11.4. The Bertz CT molecular complexity index is 2530. The molecule has 4 bridgehead atoms. The van der Waals surface area contributed by atoms with Crippen LogP contribution in [0, 0.1) is 22.5 Å². The smallest absolute Gasteiger partial charge is 0.309 e. The van der Waals surface area contributed by atoms with Gasteiger partial charge in [0.25, 0.3) is 0 Å². The maximum absolute atomic E-state index is 16.0. The van der Waals surface area contributed by atoms with E-state index in [-0.39, 0.29) is 51.5 Å². The third-order valence-electron chi connectivity index (χ3n) is 10.5. The zero-order valence-corrected chi connectivity index (χ0v) is 33.3. The molecule has 0 saturated carbocycles. The molecule has 0 amide bonds. The van der Waals surface area contributed by atoms with E-state index < -0.39 is 69.1 Å². The topological polar surface area (TPSA) is 152 Å². The molecule has 0 radical (unpaired) electrons. The van der Waals surface area contributed by atoms with Crippen molar-refractivity contribution in [2.75, 3.05) is 11.5 Å². The van der Waals surface area contributed by atoms with Gasteiger partial charge in [0.15, 0.2) is 21.5 Å². The van der Waals surface area contributed by atoms with E-state index in [9.17, 15) is 26.7 Å². The van der Waals surface area contributed by atoms with Crippen molar-refractivity contribution in [3.63, 3.8) is 0 Å². The Morgan fingerprint density at radius 1 is 1.04 bits per heavy atom. The van der Waals surface area contributed by atoms with Gasteiger partial charge < -0.3 is 10.1 Å². The summed E-state index contributed by atoms with van der Waals surface area (Å²) >= 11 is 6.48. The zero-order chi connectivity index (χ0) is 39.6. The predicted molar refractivity (Wildman–Crippen MR) is 203 cm³/mol. The number of fused-ring (bicyclic) bond motifs is 8. The monoisotopic (exact) mass is 800 g/mol. The van der Waals surface area contributed by atoms with Gasteiger partial charge in [-0.3, -0.25) is 4.79 Å². The van der Waals surface area contributed by atoms with Crippen molar-refractivity contribution in [1.29, 1.82) is 0 Å². The van der Waals surface area contributed by atoms with Crippen LogP contribution in [-0.4, -0.2) is 59.2 Å². The minimum atomic E-state index is -4.74. The molecule has 2 N–H and O–H groups in total. The lowest BCUT2D eigenvalue weighted by Crippen LogP contribution is -2.30. The number of aliphatic carboxylic acids is 1. The summed E-state index contributed by atoms with van der Waals surface area (Å²) in [5.74, 6) is -3.19. The molecule has 0 saturated heterocycles. The Labute approximate surface area is 318 Å². The maximum atomic E-state index is 16.0. The number of aromatic amines is 1. The van der Waals surface area contributed by atoms with Crippen LogP contribution in [0.3, 0.4) is 0 Å². The Hall–Kier alpha value is -4.14. The van der Waals surface area contributed by atoms with Crippen LogP contribution >= 0.6 is 11.6 Å². The number of halogens is 3. The van der Waals surface area contributed by atoms with Crippen LogP contribution < -0.4 is 0 Å². The summed E-state index contributed by atoms with van der Waals surface area (Å²) < 4.78 is 89.5. The number of H-pyrrole nitrogens is 1. The second-order valence-electron chi connectivity index (χ2n) is 16.0. The molecule has 1 atom stereocenters. The van der Waals surface area contributed by atoms with Gasteiger partial charge in [-0.1, -0.05) is 56.1 Å². The molecule has 1 aliphatic heterocycles. The van der Waals surface area contributed by atoms with Gasteiger partial charge in [0.1, 0.15) is 16.5 Å². The van der Waals surface area contributed by atoms with E-state index in [2.05, 4.69) is 4.98 Å². The van der Waals surface area contributed by atoms with Gasteiger partial charge in [0, 0.05) is 18.6 Å². The molecule has 3 aromatic carbocycles. The first-order chi connectivity index (χ1) is 25.0. The first kappa shape index (κ1) is 39.6. The molecule has 2 aromatic heterocycles. The largest absolute Gasteiger partial charge is 0.481 e. The fraction of sp³-hybridized carbons (Fsp3) is 0.410. The van der Waals surface area contributed by atoms with Crippen LogP contribution in [0.2, 0.25) is 5.02 Å². The summed E-state index contributed by atoms with van der Waals surface area (Å²) in [6.07, 6.45) is 2.73. The minimum Gasteiger partial charge on any atom is -0.481 e. The molecular weight excluding hydrogens is 758 g/mol. The van der Waals surface area contributed by atoms with Crippen molar-refractivity contribution in [2.24, 2.45) is 17.9 Å². The summed E-state index contributed by atoms with van der Waals surface area (Å²) in [4.78, 5) is 18.4. The average molecular weight is 801 g/mol. The number of rotatable bonds is 4. The van der Waals surface area contributed by atoms with E-state index in [1.54, 1.807) is 20.9 Å². The Balaban J connectivity index is 1.57. The SMILES string of the molecule is Cn1nc2nc1-c1cc(ccc1F)S(=O)(=O)c1c(F)cc3[nH]cc(Cl)c3c1CCS(=O)(=O)CC(C)(C)CCC[C@]2(C)c1cccc(CC(C)(C)C(=O)O)c1. The Morgan fingerprint density at radius 3 is 2.46 bits per heavy atom. The second-order valence-corrected chi connectivity index (χ2v) is 20.5. The number of carboxylic acid groups (broad SMARTS) is 1. The molecule has 3 heterocycles. The zero-order valence-electron chi connectivity index (χ0n) is 30.9. The molecule has 54 heavy (non-hydrogen) atoms. The molecule has 0 aliphatic carbocycles. The molecular formula is C39H43ClF2N4O6S2. The number of nitrogens with zero attached hydrogens (tertiary/aromatic N) is 3. The molecule has 0 spiro atoms. The predicted octanol–water partition coefficient (Wildman–Crippen LogP) is 7.85. The van der Waals surface area contributed by atoms with E-state index in [0.717, 1.165) is 35.4 Å². The molecule has 5 aromatic rings. The molecule has 10 nitrogen and oxygen atoms in total. The number of carboxylic acids is 1. The number of benzene rings is 3. The first-order valence-corrected chi connectivity index (χ1v) is 21.2. The van der Waals surface area contributed by atoms with Crippen molar-refractivity contribution in [1.82, 2.24) is 19.7 Å². The van der Waals surface area contributed by atoms with E-state index in [1.165, 1.54) is 10.9 Å². The molecule has 0 fully saturated rings. The van der Waals surface area contributed by atoms with E-state index in [4.69, 9.17) is 21.7 Å². The van der Waals surface area contributed by atoms with Crippen molar-refractivity contribution in [2.45, 2.75) is 81.9 Å². The number of hydrogen-bond acceptors (Lipinski definition) is 7. The maximum Gasteiger partial charge on any atom is 0.309 e. The van der Waals surface area contributed by atoms with Gasteiger partial charge in [0.05, 0.1) is 43.3 Å². The summed E-state index contributed by atoms with van der Waals surface area (Å²) in [5, 5.41) is 14.8. The van der Waals surface area contributed by atoms with Crippen LogP contribution in [0.15, 0.2) is 64.5 Å². The summed E-state index contributed by atoms with van der Waals surface area (Å²) in [5.41, 5.74) is -1.22. The minimum absolute atomic E-state index is 0.0336. The molecule has 15 heteroatoms. The highest BCUT2D eigenvalue weighted by Crippen LogP contribution is 2.41. The quantitative estimate of drug-likeness (QED) is 0.174. The number of sulfone groups is 2. The molecule has 288 valence electrons. The lowest BCUT2D eigenvalue weighted by atomic mass is 9.74. The highest BCUT2D eigenvalue weighted by Gasteiger charge is 2.38. The van der Waals surface area contributed by atoms with Crippen LogP contribution in [0.5, 0.6) is 0 Å². The molecule has 0 unspecified atom stereocenters. The number of nitrogens with one attached hydrogen (secondary N) is 1. The third-order valence-corrected chi connectivity index (χ3v) is 14.7. The van der Waals surface area contributed by atoms with Crippen LogP contribution in [0.1, 0.15) is 76.4 Å². The van der Waals surface area contributed by atoms with Gasteiger partial charge in [-0.15, -0.1) is 0 Å². The van der Waals surface area contributed by atoms with Crippen molar-refractivity contribution < 1.29 is 35.5 Å². The summed E-state index contributed by atoms with van der Waals surface area (Å²) in [7, 11) is -7.01. The van der Waals surface area contributed by atoms with Crippen molar-refractivity contribution in [3.05, 3.63) is 93.9 Å². The van der Waals surface area contributed by atoms with E-state index in [0.29, 0.717) is 25.1 Å². The standard InChI is InChI=1S/C39H43ClF2N4O6S2/c1-37(2)14-8-15-39(5,24-10-7-9-23(17-24)20-38(3,4)36(47)48)35-44-34(46(6)45-35)27-18-25(11-12-29(27)41)54(51,52)33-26(13-16-53(49,50)22-37)32-28(40)21-43-31(32)19-30(33)42/h7,9-12,17-19,21,43H,8,13-16,20,22H2,1-6H3,(H,47,48)/t39-/m1/s1. The van der Waals surface area contributed by atoms with Gasteiger partial charge >= 0.3 is 5.97 Å². The number of aromatic nitrogens is 4. The Morgan fingerprint density at radius 2 is 1.76 bits per heavy atom.